The van der Waals surface area contributed by atoms with E-state index in [0.29, 0.717) is 0 Å². The summed E-state index contributed by atoms with van der Waals surface area (Å²) in [5.74, 6) is 0. The lowest BCUT2D eigenvalue weighted by atomic mass is 9.96. The van der Waals surface area contributed by atoms with Crippen LogP contribution in [0.3, 0.4) is 0 Å². The summed E-state index contributed by atoms with van der Waals surface area (Å²) in [6.45, 7) is 0. The summed E-state index contributed by atoms with van der Waals surface area (Å²) < 4.78 is 8.87. The molecule has 14 rings (SSSR count). The Balaban J connectivity index is 0.957. The van der Waals surface area contributed by atoms with Crippen LogP contribution >= 0.6 is 22.7 Å². The zero-order valence-corrected chi connectivity index (χ0v) is 37.3. The molecule has 0 aliphatic heterocycles. The Morgan fingerprint density at radius 2 is 0.576 bits per heavy atom. The third-order valence-electron chi connectivity index (χ3n) is 13.5. The SMILES string of the molecule is c1ccc(-c2cc(-c3ccc4sc5sc6ccc(-c7cc(-c8ccccc8)cc(-n8c9ccccc9c9ccccc98)c7)cc6c5c4c3)cc(-n3c4ccccc4c4ccccc43)c2)cc1. The number of hydrogen-bond acceptors (Lipinski definition) is 2. The molecule has 0 atom stereocenters. The van der Waals surface area contributed by atoms with E-state index in [4.69, 9.17) is 0 Å². The molecule has 0 radical (unpaired) electrons. The van der Waals surface area contributed by atoms with Crippen molar-refractivity contribution in [2.45, 2.75) is 0 Å². The Labute approximate surface area is 389 Å². The molecule has 308 valence electrons. The fourth-order valence-corrected chi connectivity index (χ4v) is 13.0. The molecule has 0 spiro atoms. The van der Waals surface area contributed by atoms with E-state index < -0.39 is 0 Å². The third-order valence-corrected chi connectivity index (χ3v) is 15.9. The van der Waals surface area contributed by atoms with Crippen LogP contribution in [0.2, 0.25) is 0 Å². The first-order chi connectivity index (χ1) is 32.7. The molecule has 0 fully saturated rings. The summed E-state index contributed by atoms with van der Waals surface area (Å²) >= 11 is 3.82. The predicted molar refractivity (Wildman–Crippen MR) is 285 cm³/mol. The molecule has 10 aromatic carbocycles. The van der Waals surface area contributed by atoms with Gasteiger partial charge in [0.15, 0.2) is 0 Å². The van der Waals surface area contributed by atoms with Gasteiger partial charge in [0.05, 0.1) is 26.1 Å². The number of rotatable bonds is 6. The lowest BCUT2D eigenvalue weighted by molar-refractivity contribution is 1.18. The molecule has 0 N–H and O–H groups in total. The number of fused-ring (bicyclic) bond motifs is 11. The molecule has 0 bridgehead atoms. The molecular formula is C62H38N2S2. The zero-order chi connectivity index (χ0) is 43.3. The number of hydrogen-bond donors (Lipinski definition) is 0. The molecule has 0 aliphatic rings. The van der Waals surface area contributed by atoms with E-state index in [1.807, 2.05) is 22.7 Å². The lowest BCUT2D eigenvalue weighted by Crippen LogP contribution is -1.96. The minimum Gasteiger partial charge on any atom is -0.309 e. The van der Waals surface area contributed by atoms with Crippen molar-refractivity contribution in [2.24, 2.45) is 0 Å². The number of para-hydroxylation sites is 4. The number of aromatic nitrogens is 2. The van der Waals surface area contributed by atoms with Crippen LogP contribution in [0, 0.1) is 0 Å². The fraction of sp³-hybridized carbons (Fsp3) is 0. The smallest absolute Gasteiger partial charge is 0.0890 e. The van der Waals surface area contributed by atoms with Crippen molar-refractivity contribution in [1.82, 2.24) is 9.13 Å². The lowest BCUT2D eigenvalue weighted by Gasteiger charge is -2.14. The number of nitrogens with zero attached hydrogens (tertiary/aromatic N) is 2. The van der Waals surface area contributed by atoms with E-state index in [9.17, 15) is 0 Å². The molecule has 0 unspecified atom stereocenters. The van der Waals surface area contributed by atoms with Crippen LogP contribution in [-0.2, 0) is 0 Å². The second-order valence-corrected chi connectivity index (χ2v) is 19.7. The molecule has 4 heteroatoms. The van der Waals surface area contributed by atoms with Gasteiger partial charge in [-0.25, -0.2) is 0 Å². The Hall–Kier alpha value is -8.02. The minimum atomic E-state index is 1.16. The largest absolute Gasteiger partial charge is 0.309 e. The van der Waals surface area contributed by atoms with Crippen LogP contribution in [0.25, 0.3) is 129 Å². The first-order valence-electron chi connectivity index (χ1n) is 22.5. The summed E-state index contributed by atoms with van der Waals surface area (Å²) in [7, 11) is 0. The molecular weight excluding hydrogens is 837 g/mol. The zero-order valence-electron chi connectivity index (χ0n) is 35.7. The van der Waals surface area contributed by atoms with Crippen LogP contribution < -0.4 is 0 Å². The second kappa shape index (κ2) is 14.8. The first-order valence-corrected chi connectivity index (χ1v) is 24.1. The van der Waals surface area contributed by atoms with Crippen molar-refractivity contribution < 1.29 is 0 Å². The highest BCUT2D eigenvalue weighted by Gasteiger charge is 2.19. The van der Waals surface area contributed by atoms with Crippen molar-refractivity contribution in [2.75, 3.05) is 0 Å². The van der Waals surface area contributed by atoms with E-state index in [1.54, 1.807) is 0 Å². The van der Waals surface area contributed by atoms with Gasteiger partial charge in [-0.05, 0) is 129 Å². The highest BCUT2D eigenvalue weighted by Crippen LogP contribution is 2.47. The standard InChI is InChI=1S/C62H38N2S2/c1-3-15-39(16-4-1)43-31-45(35-47(33-43)63-55-23-11-7-19-49(55)50-20-8-12-24-56(50)63)41-27-29-59-53(37-41)61-54-38-42(28-30-60(54)66-62(61)65-59)46-32-44(40-17-5-2-6-18-40)34-48(36-46)64-57-25-13-9-21-51(57)52-22-10-14-26-58(52)64/h1-38H. The second-order valence-electron chi connectivity index (χ2n) is 17.3. The average Bonchev–Trinajstić information content (AvgIpc) is 4.13. The fourth-order valence-electron chi connectivity index (χ4n) is 10.5. The van der Waals surface area contributed by atoms with Crippen molar-refractivity contribution >= 4 is 95.9 Å². The van der Waals surface area contributed by atoms with Crippen molar-refractivity contribution in [3.63, 3.8) is 0 Å². The maximum atomic E-state index is 2.45. The van der Waals surface area contributed by atoms with Gasteiger partial charge < -0.3 is 9.13 Å². The van der Waals surface area contributed by atoms with E-state index in [2.05, 4.69) is 240 Å². The number of thiophene rings is 2. The highest BCUT2D eigenvalue weighted by atomic mass is 32.2. The minimum absolute atomic E-state index is 1.16. The van der Waals surface area contributed by atoms with Crippen molar-refractivity contribution in [3.8, 4) is 55.9 Å². The van der Waals surface area contributed by atoms with Crippen molar-refractivity contribution in [1.29, 1.82) is 0 Å². The molecule has 0 amide bonds. The van der Waals surface area contributed by atoms with E-state index in [0.717, 1.165) is 11.4 Å². The van der Waals surface area contributed by atoms with E-state index in [-0.39, 0.29) is 0 Å². The summed E-state index contributed by atoms with van der Waals surface area (Å²) in [5, 5.41) is 9.02. The first kappa shape index (κ1) is 37.4. The van der Waals surface area contributed by atoms with Gasteiger partial charge in [0, 0.05) is 58.5 Å². The summed E-state index contributed by atoms with van der Waals surface area (Å²) in [6, 6.07) is 85.2. The molecule has 4 aromatic heterocycles. The molecule has 0 aliphatic carbocycles. The average molecular weight is 875 g/mol. The molecule has 0 saturated heterocycles. The van der Waals surface area contributed by atoms with Crippen LogP contribution in [0.1, 0.15) is 0 Å². The molecule has 2 nitrogen and oxygen atoms in total. The molecule has 66 heavy (non-hydrogen) atoms. The Morgan fingerprint density at radius 1 is 0.242 bits per heavy atom. The molecule has 14 aromatic rings. The Morgan fingerprint density at radius 3 is 0.955 bits per heavy atom. The van der Waals surface area contributed by atoms with Crippen LogP contribution in [-0.4, -0.2) is 9.13 Å². The van der Waals surface area contributed by atoms with Gasteiger partial charge in [0.25, 0.3) is 0 Å². The monoisotopic (exact) mass is 874 g/mol. The molecule has 4 heterocycles. The maximum absolute atomic E-state index is 2.45. The van der Waals surface area contributed by atoms with Crippen LogP contribution in [0.5, 0.6) is 0 Å². The normalized spacial score (nSPS) is 11.9. The number of benzene rings is 10. The quantitative estimate of drug-likeness (QED) is 0.158. The van der Waals surface area contributed by atoms with Crippen LogP contribution in [0.15, 0.2) is 231 Å². The summed E-state index contributed by atoms with van der Waals surface area (Å²) in [4.78, 5) is 0. The highest BCUT2D eigenvalue weighted by molar-refractivity contribution is 7.44. The van der Waals surface area contributed by atoms with Gasteiger partial charge in [-0.2, -0.15) is 0 Å². The summed E-state index contributed by atoms with van der Waals surface area (Å²) in [6.07, 6.45) is 0. The van der Waals surface area contributed by atoms with Gasteiger partial charge >= 0.3 is 0 Å². The topological polar surface area (TPSA) is 9.86 Å². The third kappa shape index (κ3) is 5.86. The van der Waals surface area contributed by atoms with Gasteiger partial charge in [-0.15, -0.1) is 22.7 Å². The van der Waals surface area contributed by atoms with Gasteiger partial charge in [-0.3, -0.25) is 0 Å². The molecule has 0 saturated carbocycles. The Bertz CT molecular complexity index is 3850. The van der Waals surface area contributed by atoms with Gasteiger partial charge in [0.2, 0.25) is 0 Å². The van der Waals surface area contributed by atoms with Crippen LogP contribution in [0.4, 0.5) is 0 Å². The van der Waals surface area contributed by atoms with E-state index >= 15 is 0 Å². The Kier molecular flexibility index (Phi) is 8.36. The summed E-state index contributed by atoms with van der Waals surface area (Å²) in [5.41, 5.74) is 16.8. The predicted octanol–water partition coefficient (Wildman–Crippen LogP) is 18.1. The van der Waals surface area contributed by atoms with Gasteiger partial charge in [-0.1, -0.05) is 146 Å². The maximum Gasteiger partial charge on any atom is 0.0890 e. The van der Waals surface area contributed by atoms with Crippen molar-refractivity contribution in [3.05, 3.63) is 231 Å². The van der Waals surface area contributed by atoms with E-state index in [1.165, 1.54) is 118 Å². The van der Waals surface area contributed by atoms with Gasteiger partial charge in [0.1, 0.15) is 0 Å².